The molecule has 1 amide bonds. The number of rotatable bonds is 4. The highest BCUT2D eigenvalue weighted by Gasteiger charge is 2.20. The molecular formula is C16H14ClFN2O3. The molecule has 0 bridgehead atoms. The summed E-state index contributed by atoms with van der Waals surface area (Å²) >= 11 is 6.10. The van der Waals surface area contributed by atoms with Gasteiger partial charge in [-0.25, -0.2) is 9.37 Å². The summed E-state index contributed by atoms with van der Waals surface area (Å²) in [5, 5.41) is 2.69. The molecule has 1 aromatic carbocycles. The van der Waals surface area contributed by atoms with Gasteiger partial charge in [0.15, 0.2) is 0 Å². The summed E-state index contributed by atoms with van der Waals surface area (Å²) in [4.78, 5) is 16.2. The Morgan fingerprint density at radius 1 is 1.43 bits per heavy atom. The Morgan fingerprint density at radius 2 is 2.26 bits per heavy atom. The molecule has 0 spiro atoms. The number of hydrogen-bond acceptors (Lipinski definition) is 4. The lowest BCUT2D eigenvalue weighted by molar-refractivity contribution is 0.102. The monoisotopic (exact) mass is 336 g/mol. The molecule has 7 heteroatoms. The average Bonchev–Trinajstić information content (AvgIpc) is 3.04. The third-order valence-electron chi connectivity index (χ3n) is 3.36. The number of hydrogen-bond donors (Lipinski definition) is 1. The first-order chi connectivity index (χ1) is 11.1. The third-order valence-corrected chi connectivity index (χ3v) is 3.63. The molecule has 5 nitrogen and oxygen atoms in total. The van der Waals surface area contributed by atoms with Crippen LogP contribution < -0.4 is 10.1 Å². The van der Waals surface area contributed by atoms with Crippen LogP contribution in [0.15, 0.2) is 36.5 Å². The van der Waals surface area contributed by atoms with Crippen molar-refractivity contribution >= 4 is 23.2 Å². The largest absolute Gasteiger partial charge is 0.471 e. The van der Waals surface area contributed by atoms with E-state index in [4.69, 9.17) is 21.1 Å². The molecule has 2 aromatic rings. The van der Waals surface area contributed by atoms with Gasteiger partial charge < -0.3 is 14.8 Å². The van der Waals surface area contributed by atoms with Crippen LogP contribution >= 0.6 is 11.6 Å². The number of carbonyl (C=O) groups excluding carboxylic acids is 1. The lowest BCUT2D eigenvalue weighted by Crippen LogP contribution is -2.17. The molecule has 23 heavy (non-hydrogen) atoms. The smallest absolute Gasteiger partial charge is 0.257 e. The summed E-state index contributed by atoms with van der Waals surface area (Å²) in [6.07, 6.45) is 2.03. The Kier molecular flexibility index (Phi) is 4.73. The molecule has 0 saturated carbocycles. The molecule has 1 aromatic heterocycles. The van der Waals surface area contributed by atoms with E-state index in [1.807, 2.05) is 0 Å². The van der Waals surface area contributed by atoms with Crippen molar-refractivity contribution in [3.8, 4) is 5.88 Å². The Morgan fingerprint density at radius 3 is 2.96 bits per heavy atom. The minimum atomic E-state index is -0.513. The molecule has 0 radical (unpaired) electrons. The fourth-order valence-corrected chi connectivity index (χ4v) is 2.37. The Balaban J connectivity index is 1.71. The van der Waals surface area contributed by atoms with Gasteiger partial charge >= 0.3 is 0 Å². The van der Waals surface area contributed by atoms with E-state index in [0.717, 1.165) is 6.42 Å². The van der Waals surface area contributed by atoms with Gasteiger partial charge in [-0.05, 0) is 18.2 Å². The summed E-state index contributed by atoms with van der Waals surface area (Å²) in [6.45, 7) is 1.14. The molecule has 0 unspecified atom stereocenters. The molecule has 1 saturated heterocycles. The standard InChI is InChI=1S/C16H14ClFN2O3/c17-12-7-10(8-19-16(12)23-11-5-6-22-9-11)15(21)20-14-4-2-1-3-13(14)18/h1-4,7-8,11H,5-6,9H2,(H,20,21)/t11-/m0/s1. The molecule has 1 aliphatic rings. The predicted molar refractivity (Wildman–Crippen MR) is 83.5 cm³/mol. The van der Waals surface area contributed by atoms with Crippen LogP contribution in [-0.4, -0.2) is 30.2 Å². The summed E-state index contributed by atoms with van der Waals surface area (Å²) in [5.74, 6) is -0.758. The van der Waals surface area contributed by atoms with Gasteiger partial charge in [0, 0.05) is 12.6 Å². The van der Waals surface area contributed by atoms with Crippen molar-refractivity contribution in [2.75, 3.05) is 18.5 Å². The zero-order valence-corrected chi connectivity index (χ0v) is 12.8. The zero-order chi connectivity index (χ0) is 16.2. The Hall–Kier alpha value is -2.18. The van der Waals surface area contributed by atoms with E-state index in [-0.39, 0.29) is 28.3 Å². The minimum absolute atomic E-state index is 0.0851. The first-order valence-corrected chi connectivity index (χ1v) is 7.47. The van der Waals surface area contributed by atoms with Crippen LogP contribution in [0.3, 0.4) is 0 Å². The van der Waals surface area contributed by atoms with Crippen molar-refractivity contribution in [1.29, 1.82) is 0 Å². The Bertz CT molecular complexity index is 720. The van der Waals surface area contributed by atoms with E-state index in [2.05, 4.69) is 10.3 Å². The van der Waals surface area contributed by atoms with Crippen molar-refractivity contribution in [2.24, 2.45) is 0 Å². The van der Waals surface area contributed by atoms with E-state index >= 15 is 0 Å². The third kappa shape index (κ3) is 3.78. The maximum Gasteiger partial charge on any atom is 0.257 e. The fourth-order valence-electron chi connectivity index (χ4n) is 2.16. The van der Waals surface area contributed by atoms with Crippen molar-refractivity contribution in [3.63, 3.8) is 0 Å². The second-order valence-corrected chi connectivity index (χ2v) is 5.46. The van der Waals surface area contributed by atoms with Gasteiger partial charge in [-0.2, -0.15) is 0 Å². The van der Waals surface area contributed by atoms with Crippen LogP contribution in [0.1, 0.15) is 16.8 Å². The van der Waals surface area contributed by atoms with Crippen molar-refractivity contribution in [2.45, 2.75) is 12.5 Å². The van der Waals surface area contributed by atoms with Gasteiger partial charge in [0.2, 0.25) is 5.88 Å². The second kappa shape index (κ2) is 6.93. The number of pyridine rings is 1. The lowest BCUT2D eigenvalue weighted by Gasteiger charge is -2.12. The van der Waals surface area contributed by atoms with Crippen LogP contribution in [0.25, 0.3) is 0 Å². The molecule has 1 fully saturated rings. The number of ether oxygens (including phenoxy) is 2. The highest BCUT2D eigenvalue weighted by Crippen LogP contribution is 2.25. The number of para-hydroxylation sites is 1. The van der Waals surface area contributed by atoms with Crippen LogP contribution in [-0.2, 0) is 4.74 Å². The number of nitrogens with one attached hydrogen (secondary N) is 1. The summed E-state index contributed by atoms with van der Waals surface area (Å²) in [6, 6.07) is 7.35. The number of benzene rings is 1. The van der Waals surface area contributed by atoms with Gasteiger partial charge in [-0.3, -0.25) is 4.79 Å². The number of halogens is 2. The molecule has 3 rings (SSSR count). The van der Waals surface area contributed by atoms with E-state index in [1.165, 1.54) is 24.4 Å². The highest BCUT2D eigenvalue weighted by molar-refractivity contribution is 6.32. The molecule has 120 valence electrons. The normalized spacial score (nSPS) is 17.0. The molecule has 1 aliphatic heterocycles. The second-order valence-electron chi connectivity index (χ2n) is 5.05. The summed E-state index contributed by atoms with van der Waals surface area (Å²) in [5.41, 5.74) is 0.310. The van der Waals surface area contributed by atoms with Crippen LogP contribution in [0, 0.1) is 5.82 Å². The van der Waals surface area contributed by atoms with Gasteiger partial charge in [0.1, 0.15) is 16.9 Å². The average molecular weight is 337 g/mol. The summed E-state index contributed by atoms with van der Waals surface area (Å²) in [7, 11) is 0. The molecule has 1 N–H and O–H groups in total. The first kappa shape index (κ1) is 15.7. The molecule has 0 aliphatic carbocycles. The Labute approximate surface area is 137 Å². The van der Waals surface area contributed by atoms with E-state index in [1.54, 1.807) is 12.1 Å². The highest BCUT2D eigenvalue weighted by atomic mass is 35.5. The maximum absolute atomic E-state index is 13.5. The quantitative estimate of drug-likeness (QED) is 0.930. The van der Waals surface area contributed by atoms with Gasteiger partial charge in [-0.1, -0.05) is 23.7 Å². The van der Waals surface area contributed by atoms with E-state index < -0.39 is 11.7 Å². The van der Waals surface area contributed by atoms with Gasteiger partial charge in [-0.15, -0.1) is 0 Å². The SMILES string of the molecule is O=C(Nc1ccccc1F)c1cnc(O[C@H]2CCOC2)c(Cl)c1. The zero-order valence-electron chi connectivity index (χ0n) is 12.1. The van der Waals surface area contributed by atoms with Crippen LogP contribution in [0.4, 0.5) is 10.1 Å². The van der Waals surface area contributed by atoms with Crippen LogP contribution in [0.5, 0.6) is 5.88 Å². The predicted octanol–water partition coefficient (Wildman–Crippen LogP) is 3.29. The van der Waals surface area contributed by atoms with Crippen molar-refractivity contribution < 1.29 is 18.7 Å². The summed E-state index contributed by atoms with van der Waals surface area (Å²) < 4.78 is 24.4. The van der Waals surface area contributed by atoms with Gasteiger partial charge in [0.25, 0.3) is 5.91 Å². The topological polar surface area (TPSA) is 60.5 Å². The number of nitrogens with zero attached hydrogens (tertiary/aromatic N) is 1. The number of anilines is 1. The van der Waals surface area contributed by atoms with Gasteiger partial charge in [0.05, 0.1) is 24.5 Å². The molecule has 1 atom stereocenters. The van der Waals surface area contributed by atoms with Crippen molar-refractivity contribution in [1.82, 2.24) is 4.98 Å². The van der Waals surface area contributed by atoms with Crippen LogP contribution in [0.2, 0.25) is 5.02 Å². The molecule has 2 heterocycles. The lowest BCUT2D eigenvalue weighted by atomic mass is 10.2. The fraction of sp³-hybridized carbons (Fsp3) is 0.250. The minimum Gasteiger partial charge on any atom is -0.471 e. The number of carbonyl (C=O) groups is 1. The van der Waals surface area contributed by atoms with Crippen molar-refractivity contribution in [3.05, 3.63) is 52.9 Å². The first-order valence-electron chi connectivity index (χ1n) is 7.09. The van der Waals surface area contributed by atoms with E-state index in [0.29, 0.717) is 13.2 Å². The van der Waals surface area contributed by atoms with E-state index in [9.17, 15) is 9.18 Å². The molecular weight excluding hydrogens is 323 g/mol. The number of aromatic nitrogens is 1. The maximum atomic E-state index is 13.5. The number of amides is 1.